The number of aromatic nitrogens is 1. The third-order valence-corrected chi connectivity index (χ3v) is 7.00. The third kappa shape index (κ3) is 4.53. The lowest BCUT2D eigenvalue weighted by Gasteiger charge is -2.35. The Labute approximate surface area is 195 Å². The minimum atomic E-state index is -0.357. The highest BCUT2D eigenvalue weighted by atomic mass is 16.5. The van der Waals surface area contributed by atoms with Gasteiger partial charge in [-0.1, -0.05) is 23.8 Å². The first-order valence-corrected chi connectivity index (χ1v) is 11.5. The monoisotopic (exact) mass is 447 g/mol. The van der Waals surface area contributed by atoms with Crippen LogP contribution in [-0.2, 0) is 23.0 Å². The number of likely N-dealkylation sites (tertiary alicyclic amines) is 1. The second-order valence-electron chi connectivity index (χ2n) is 9.19. The van der Waals surface area contributed by atoms with Crippen LogP contribution in [0.25, 0.3) is 22.2 Å². The van der Waals surface area contributed by atoms with Gasteiger partial charge in [-0.2, -0.15) is 0 Å². The molecule has 0 spiro atoms. The maximum absolute atomic E-state index is 13.4. The maximum atomic E-state index is 13.4. The number of fused-ring (bicyclic) bond motifs is 1. The number of carbonyl (C=O) groups is 2. The van der Waals surface area contributed by atoms with Gasteiger partial charge in [0.15, 0.2) is 0 Å². The highest BCUT2D eigenvalue weighted by molar-refractivity contribution is 5.97. The van der Waals surface area contributed by atoms with Gasteiger partial charge in [0.1, 0.15) is 0 Å². The van der Waals surface area contributed by atoms with Gasteiger partial charge >= 0.3 is 5.97 Å². The molecule has 6 heteroatoms. The fourth-order valence-corrected chi connectivity index (χ4v) is 4.93. The van der Waals surface area contributed by atoms with Gasteiger partial charge in [-0.05, 0) is 75.3 Å². The van der Waals surface area contributed by atoms with Crippen molar-refractivity contribution >= 4 is 22.8 Å². The zero-order valence-corrected chi connectivity index (χ0v) is 20.2. The van der Waals surface area contributed by atoms with E-state index in [0.29, 0.717) is 12.0 Å². The normalized spacial score (nSPS) is 15.1. The summed E-state index contributed by atoms with van der Waals surface area (Å²) in [6.07, 6.45) is 2.36. The van der Waals surface area contributed by atoms with E-state index in [1.807, 2.05) is 31.1 Å². The number of nitrogens with zero attached hydrogens (tertiary/aromatic N) is 3. The molecule has 1 amide bonds. The van der Waals surface area contributed by atoms with E-state index in [1.54, 1.807) is 12.1 Å². The van der Waals surface area contributed by atoms with Gasteiger partial charge in [0, 0.05) is 31.0 Å². The molecule has 2 aromatic carbocycles. The Balaban J connectivity index is 1.72. The van der Waals surface area contributed by atoms with Gasteiger partial charge in [-0.25, -0.2) is 4.79 Å². The number of esters is 1. The van der Waals surface area contributed by atoms with Gasteiger partial charge in [0.2, 0.25) is 5.91 Å². The van der Waals surface area contributed by atoms with Gasteiger partial charge in [-0.3, -0.25) is 4.79 Å². The smallest absolute Gasteiger partial charge is 0.337 e. The number of ether oxygens (including phenoxy) is 1. The van der Waals surface area contributed by atoms with E-state index in [1.165, 1.54) is 7.11 Å². The van der Waals surface area contributed by atoms with Crippen LogP contribution in [0, 0.1) is 6.92 Å². The number of aryl methyl sites for hydroxylation is 2. The Morgan fingerprint density at radius 2 is 1.73 bits per heavy atom. The molecule has 2 heterocycles. The molecule has 3 aromatic rings. The van der Waals surface area contributed by atoms with E-state index in [-0.39, 0.29) is 17.9 Å². The Morgan fingerprint density at radius 3 is 2.36 bits per heavy atom. The Bertz CT molecular complexity index is 1170. The van der Waals surface area contributed by atoms with Crippen molar-refractivity contribution in [2.75, 3.05) is 34.3 Å². The zero-order chi connectivity index (χ0) is 23.7. The van der Waals surface area contributed by atoms with Crippen molar-refractivity contribution in [3.8, 4) is 11.3 Å². The quantitative estimate of drug-likeness (QED) is 0.554. The van der Waals surface area contributed by atoms with E-state index in [0.717, 1.165) is 59.2 Å². The van der Waals surface area contributed by atoms with Crippen molar-refractivity contribution in [2.45, 2.75) is 32.2 Å². The summed E-state index contributed by atoms with van der Waals surface area (Å²) in [6, 6.07) is 14.1. The summed E-state index contributed by atoms with van der Waals surface area (Å²) in [5.41, 5.74) is 5.79. The Hall–Kier alpha value is -3.12. The SMILES string of the molecule is COC(=O)c1ccc(-c2c(CC(=O)N(C)C3CCN(C)CC3)c3cc(C)ccc3n2C)cc1. The van der Waals surface area contributed by atoms with Gasteiger partial charge in [0.25, 0.3) is 0 Å². The number of carbonyl (C=O) groups excluding carboxylic acids is 2. The third-order valence-electron chi connectivity index (χ3n) is 7.00. The van der Waals surface area contributed by atoms with Crippen molar-refractivity contribution in [3.05, 3.63) is 59.2 Å². The van der Waals surface area contributed by atoms with Crippen molar-refractivity contribution in [1.82, 2.24) is 14.4 Å². The molecular weight excluding hydrogens is 414 g/mol. The topological polar surface area (TPSA) is 54.8 Å². The van der Waals surface area contributed by atoms with Crippen LogP contribution in [0.1, 0.15) is 34.3 Å². The Morgan fingerprint density at radius 1 is 1.06 bits per heavy atom. The summed E-state index contributed by atoms with van der Waals surface area (Å²) in [6.45, 7) is 4.12. The summed E-state index contributed by atoms with van der Waals surface area (Å²) in [7, 11) is 7.50. The van der Waals surface area contributed by atoms with E-state index in [9.17, 15) is 9.59 Å². The van der Waals surface area contributed by atoms with Crippen molar-refractivity contribution < 1.29 is 14.3 Å². The second kappa shape index (κ2) is 9.40. The number of benzene rings is 2. The largest absolute Gasteiger partial charge is 0.465 e. The van der Waals surface area contributed by atoms with Crippen LogP contribution in [0.5, 0.6) is 0 Å². The first kappa shape index (κ1) is 23.1. The predicted molar refractivity (Wildman–Crippen MR) is 131 cm³/mol. The number of piperidine rings is 1. The second-order valence-corrected chi connectivity index (χ2v) is 9.19. The van der Waals surface area contributed by atoms with Crippen LogP contribution in [0.3, 0.4) is 0 Å². The number of hydrogen-bond acceptors (Lipinski definition) is 4. The molecular formula is C27H33N3O3. The number of methoxy groups -OCH3 is 1. The van der Waals surface area contributed by atoms with Gasteiger partial charge in [0.05, 0.1) is 24.8 Å². The molecule has 1 aliphatic heterocycles. The van der Waals surface area contributed by atoms with Crippen LogP contribution in [-0.4, -0.2) is 66.6 Å². The van der Waals surface area contributed by atoms with Crippen LogP contribution in [0.15, 0.2) is 42.5 Å². The molecule has 4 rings (SSSR count). The van der Waals surface area contributed by atoms with E-state index in [4.69, 9.17) is 4.74 Å². The predicted octanol–water partition coefficient (Wildman–Crippen LogP) is 4.04. The summed E-state index contributed by atoms with van der Waals surface area (Å²) in [5.74, 6) is -0.213. The number of hydrogen-bond donors (Lipinski definition) is 0. The summed E-state index contributed by atoms with van der Waals surface area (Å²) < 4.78 is 6.99. The standard InChI is InChI=1S/C27H33N3O3/c1-18-6-11-24-22(16-18)23(17-25(31)29(3)21-12-14-28(2)15-13-21)26(30(24)4)19-7-9-20(10-8-19)27(32)33-5/h6-11,16,21H,12-15,17H2,1-5H3. The molecule has 0 atom stereocenters. The molecule has 174 valence electrons. The molecule has 1 fully saturated rings. The van der Waals surface area contributed by atoms with E-state index >= 15 is 0 Å². The molecule has 0 N–H and O–H groups in total. The molecule has 33 heavy (non-hydrogen) atoms. The van der Waals surface area contributed by atoms with Crippen molar-refractivity contribution in [1.29, 1.82) is 0 Å². The Kier molecular flexibility index (Phi) is 6.56. The highest BCUT2D eigenvalue weighted by Gasteiger charge is 2.26. The lowest BCUT2D eigenvalue weighted by Crippen LogP contribution is -2.45. The fraction of sp³-hybridized carbons (Fsp3) is 0.407. The average molecular weight is 448 g/mol. The summed E-state index contributed by atoms with van der Waals surface area (Å²) >= 11 is 0. The molecule has 0 radical (unpaired) electrons. The molecule has 0 unspecified atom stereocenters. The minimum absolute atomic E-state index is 0.144. The lowest BCUT2D eigenvalue weighted by atomic mass is 9.99. The van der Waals surface area contributed by atoms with Crippen molar-refractivity contribution in [3.63, 3.8) is 0 Å². The van der Waals surface area contributed by atoms with Gasteiger partial charge < -0.3 is 19.1 Å². The lowest BCUT2D eigenvalue weighted by molar-refractivity contribution is -0.132. The number of likely N-dealkylation sites (N-methyl/N-ethyl adjacent to an activating group) is 1. The minimum Gasteiger partial charge on any atom is -0.465 e. The van der Waals surface area contributed by atoms with Crippen LogP contribution in [0.2, 0.25) is 0 Å². The van der Waals surface area contributed by atoms with Gasteiger partial charge in [-0.15, -0.1) is 0 Å². The fourth-order valence-electron chi connectivity index (χ4n) is 4.93. The molecule has 0 saturated carbocycles. The molecule has 1 saturated heterocycles. The van der Waals surface area contributed by atoms with Crippen molar-refractivity contribution in [2.24, 2.45) is 7.05 Å². The average Bonchev–Trinajstić information content (AvgIpc) is 3.09. The van der Waals surface area contributed by atoms with Crippen LogP contribution in [0.4, 0.5) is 0 Å². The number of amides is 1. The van der Waals surface area contributed by atoms with Crippen LogP contribution < -0.4 is 0 Å². The summed E-state index contributed by atoms with van der Waals surface area (Å²) in [4.78, 5) is 29.6. The molecule has 1 aromatic heterocycles. The molecule has 6 nitrogen and oxygen atoms in total. The first-order chi connectivity index (χ1) is 15.8. The molecule has 0 bridgehead atoms. The van der Waals surface area contributed by atoms with E-state index < -0.39 is 0 Å². The highest BCUT2D eigenvalue weighted by Crippen LogP contribution is 2.35. The molecule has 1 aliphatic rings. The molecule has 0 aliphatic carbocycles. The maximum Gasteiger partial charge on any atom is 0.337 e. The van der Waals surface area contributed by atoms with Crippen LogP contribution >= 0.6 is 0 Å². The summed E-state index contributed by atoms with van der Waals surface area (Å²) in [5, 5.41) is 1.11. The zero-order valence-electron chi connectivity index (χ0n) is 20.2. The van der Waals surface area contributed by atoms with E-state index in [2.05, 4.69) is 41.6 Å². The first-order valence-electron chi connectivity index (χ1n) is 11.5. The number of rotatable bonds is 5.